The molecule has 42 heavy (non-hydrogen) atoms. The van der Waals surface area contributed by atoms with Gasteiger partial charge in [0.1, 0.15) is 16.6 Å². The quantitative estimate of drug-likeness (QED) is 0.211. The Labute approximate surface area is 252 Å². The van der Waals surface area contributed by atoms with Gasteiger partial charge in [0.05, 0.1) is 12.8 Å². The standard InChI is InChI=1S/C36H35N3O2S/c1-41-34(40)33-32(23-22-28-14-6-2-7-15-28)42-35(37-31-20-12-5-13-21-31)36(33)38(26-29-16-8-3-9-17-29)24-25-39(36)27-30-18-10-4-11-19-30/h2-21,23,33H,22,24-27H2,1H3/b32-23+,37-35?. The van der Waals surface area contributed by atoms with Gasteiger partial charge in [0, 0.05) is 31.1 Å². The average Bonchev–Trinajstić information content (AvgIpc) is 3.55. The summed E-state index contributed by atoms with van der Waals surface area (Å²) in [5.74, 6) is -0.785. The highest BCUT2D eigenvalue weighted by molar-refractivity contribution is 8.18. The van der Waals surface area contributed by atoms with Gasteiger partial charge in [-0.15, -0.1) is 0 Å². The number of benzene rings is 4. The third-order valence-electron chi connectivity index (χ3n) is 8.06. The van der Waals surface area contributed by atoms with Crippen molar-refractivity contribution in [2.24, 2.45) is 10.9 Å². The van der Waals surface area contributed by atoms with Crippen molar-refractivity contribution in [3.63, 3.8) is 0 Å². The number of esters is 1. The first-order valence-electron chi connectivity index (χ1n) is 14.4. The highest BCUT2D eigenvalue weighted by atomic mass is 32.2. The lowest BCUT2D eigenvalue weighted by atomic mass is 9.88. The fourth-order valence-corrected chi connectivity index (χ4v) is 7.55. The topological polar surface area (TPSA) is 45.1 Å². The number of aliphatic imine (C=N–C) groups is 1. The van der Waals surface area contributed by atoms with E-state index in [2.05, 4.69) is 88.7 Å². The molecule has 5 nitrogen and oxygen atoms in total. The summed E-state index contributed by atoms with van der Waals surface area (Å²) in [6.45, 7) is 2.99. The van der Waals surface area contributed by atoms with Crippen LogP contribution in [-0.4, -0.2) is 46.7 Å². The maximum absolute atomic E-state index is 14.0. The maximum Gasteiger partial charge on any atom is 0.317 e. The monoisotopic (exact) mass is 573 g/mol. The third kappa shape index (κ3) is 5.71. The fraction of sp³-hybridized carbons (Fsp3) is 0.222. The number of carbonyl (C=O) groups excluding carboxylic acids is 1. The molecule has 6 heteroatoms. The Morgan fingerprint density at radius 3 is 1.76 bits per heavy atom. The number of hydrogen-bond donors (Lipinski definition) is 0. The highest BCUT2D eigenvalue weighted by Gasteiger charge is 2.64. The van der Waals surface area contributed by atoms with Crippen LogP contribution in [0.1, 0.15) is 16.7 Å². The fourth-order valence-electron chi connectivity index (χ4n) is 6.11. The number of nitrogens with zero attached hydrogens (tertiary/aromatic N) is 3. The van der Waals surface area contributed by atoms with Crippen LogP contribution in [0.2, 0.25) is 0 Å². The summed E-state index contributed by atoms with van der Waals surface area (Å²) in [5.41, 5.74) is 3.67. The van der Waals surface area contributed by atoms with Gasteiger partial charge in [0.25, 0.3) is 0 Å². The number of ether oxygens (including phenoxy) is 1. The van der Waals surface area contributed by atoms with Gasteiger partial charge < -0.3 is 4.74 Å². The van der Waals surface area contributed by atoms with E-state index in [1.807, 2.05) is 48.5 Å². The first-order valence-corrected chi connectivity index (χ1v) is 15.2. The van der Waals surface area contributed by atoms with Crippen LogP contribution in [0.4, 0.5) is 5.69 Å². The molecule has 2 aliphatic heterocycles. The van der Waals surface area contributed by atoms with Crippen LogP contribution in [0, 0.1) is 5.92 Å². The van der Waals surface area contributed by atoms with Crippen molar-refractivity contribution >= 4 is 28.5 Å². The molecule has 1 atom stereocenters. The number of thioether (sulfide) groups is 1. The Kier molecular flexibility index (Phi) is 8.65. The zero-order valence-corrected chi connectivity index (χ0v) is 24.6. The van der Waals surface area contributed by atoms with Gasteiger partial charge >= 0.3 is 5.97 Å². The van der Waals surface area contributed by atoms with Crippen LogP contribution in [0.3, 0.4) is 0 Å². The second-order valence-electron chi connectivity index (χ2n) is 10.6. The van der Waals surface area contributed by atoms with Gasteiger partial charge in [-0.25, -0.2) is 4.99 Å². The van der Waals surface area contributed by atoms with E-state index in [1.165, 1.54) is 23.8 Å². The van der Waals surface area contributed by atoms with Crippen LogP contribution in [0.5, 0.6) is 0 Å². The molecule has 1 spiro atoms. The second-order valence-corrected chi connectivity index (χ2v) is 11.7. The lowest BCUT2D eigenvalue weighted by Crippen LogP contribution is -2.62. The van der Waals surface area contributed by atoms with Crippen LogP contribution >= 0.6 is 11.8 Å². The molecule has 0 bridgehead atoms. The zero-order chi connectivity index (χ0) is 28.8. The van der Waals surface area contributed by atoms with E-state index >= 15 is 0 Å². The molecule has 2 aliphatic rings. The molecule has 0 saturated carbocycles. The number of allylic oxidation sites excluding steroid dienone is 1. The van der Waals surface area contributed by atoms with Gasteiger partial charge in [-0.3, -0.25) is 14.6 Å². The van der Waals surface area contributed by atoms with Crippen LogP contribution < -0.4 is 0 Å². The molecule has 1 unspecified atom stereocenters. The minimum atomic E-state index is -0.804. The Bertz CT molecular complexity index is 1490. The Morgan fingerprint density at radius 1 is 0.786 bits per heavy atom. The average molecular weight is 574 g/mol. The summed E-state index contributed by atoms with van der Waals surface area (Å²) >= 11 is 1.63. The Balaban J connectivity index is 1.53. The molecule has 4 aromatic rings. The summed E-state index contributed by atoms with van der Waals surface area (Å²) in [4.78, 5) is 25.2. The van der Waals surface area contributed by atoms with Crippen molar-refractivity contribution in [1.29, 1.82) is 0 Å². The Morgan fingerprint density at radius 2 is 1.26 bits per heavy atom. The number of rotatable bonds is 8. The molecule has 212 valence electrons. The van der Waals surface area contributed by atoms with E-state index < -0.39 is 11.6 Å². The van der Waals surface area contributed by atoms with Crippen molar-refractivity contribution in [3.8, 4) is 0 Å². The zero-order valence-electron chi connectivity index (χ0n) is 23.8. The molecule has 2 heterocycles. The van der Waals surface area contributed by atoms with Crippen molar-refractivity contribution in [1.82, 2.24) is 9.80 Å². The van der Waals surface area contributed by atoms with Crippen molar-refractivity contribution in [2.75, 3.05) is 20.2 Å². The minimum absolute atomic E-state index is 0.238. The second kappa shape index (κ2) is 12.9. The summed E-state index contributed by atoms with van der Waals surface area (Å²) in [6.07, 6.45) is 2.93. The van der Waals surface area contributed by atoms with Crippen molar-refractivity contribution in [2.45, 2.75) is 25.2 Å². The maximum atomic E-state index is 14.0. The summed E-state index contributed by atoms with van der Waals surface area (Å²) in [5, 5.41) is 0.910. The third-order valence-corrected chi connectivity index (χ3v) is 9.28. The Hall–Kier alpha value is -3.97. The summed E-state index contributed by atoms with van der Waals surface area (Å²) in [7, 11) is 1.50. The van der Waals surface area contributed by atoms with E-state index in [0.29, 0.717) is 13.1 Å². The first-order chi connectivity index (χ1) is 20.7. The number of methoxy groups -OCH3 is 1. The van der Waals surface area contributed by atoms with Crippen LogP contribution in [0.15, 0.2) is 137 Å². The first kappa shape index (κ1) is 28.2. The van der Waals surface area contributed by atoms with E-state index in [1.54, 1.807) is 11.8 Å². The van der Waals surface area contributed by atoms with Gasteiger partial charge in [0.2, 0.25) is 0 Å². The van der Waals surface area contributed by atoms with Crippen molar-refractivity contribution in [3.05, 3.63) is 149 Å². The lowest BCUT2D eigenvalue weighted by molar-refractivity contribution is -0.150. The molecule has 0 N–H and O–H groups in total. The predicted molar refractivity (Wildman–Crippen MR) is 171 cm³/mol. The highest BCUT2D eigenvalue weighted by Crippen LogP contribution is 2.54. The molecule has 2 fully saturated rings. The number of para-hydroxylation sites is 1. The molecular formula is C36H35N3O2S. The molecule has 0 amide bonds. The van der Waals surface area contributed by atoms with E-state index in [0.717, 1.165) is 35.1 Å². The molecule has 0 radical (unpaired) electrons. The SMILES string of the molecule is COC(=O)C1/C(=C\Cc2ccccc2)SC(=Nc2ccccc2)C12N(Cc1ccccc1)CCN2Cc1ccccc1. The molecule has 0 aromatic heterocycles. The molecule has 6 rings (SSSR count). The largest absolute Gasteiger partial charge is 0.468 e. The van der Waals surface area contributed by atoms with Crippen LogP contribution in [0.25, 0.3) is 0 Å². The summed E-state index contributed by atoms with van der Waals surface area (Å²) < 4.78 is 5.60. The van der Waals surface area contributed by atoms with Gasteiger partial charge in [-0.05, 0) is 35.2 Å². The smallest absolute Gasteiger partial charge is 0.317 e. The van der Waals surface area contributed by atoms with Crippen LogP contribution in [-0.2, 0) is 29.0 Å². The molecule has 0 aliphatic carbocycles. The van der Waals surface area contributed by atoms with E-state index in [9.17, 15) is 4.79 Å². The normalized spacial score (nSPS) is 20.5. The number of carbonyl (C=O) groups is 1. The van der Waals surface area contributed by atoms with Crippen molar-refractivity contribution < 1.29 is 9.53 Å². The minimum Gasteiger partial charge on any atom is -0.468 e. The number of hydrogen-bond acceptors (Lipinski definition) is 6. The molecular weight excluding hydrogens is 538 g/mol. The molecule has 2 saturated heterocycles. The van der Waals surface area contributed by atoms with E-state index in [4.69, 9.17) is 9.73 Å². The van der Waals surface area contributed by atoms with Gasteiger partial charge in [-0.2, -0.15) is 0 Å². The predicted octanol–water partition coefficient (Wildman–Crippen LogP) is 7.09. The molecule has 4 aromatic carbocycles. The van der Waals surface area contributed by atoms with Gasteiger partial charge in [0.15, 0.2) is 0 Å². The van der Waals surface area contributed by atoms with E-state index in [-0.39, 0.29) is 5.97 Å². The summed E-state index contributed by atoms with van der Waals surface area (Å²) in [6, 6.07) is 41.5. The van der Waals surface area contributed by atoms with Gasteiger partial charge in [-0.1, -0.05) is 127 Å². The lowest BCUT2D eigenvalue weighted by Gasteiger charge is -2.44.